The molecule has 0 saturated heterocycles. The molecule has 0 heterocycles. The highest BCUT2D eigenvalue weighted by molar-refractivity contribution is 5.71. The van der Waals surface area contributed by atoms with Crippen molar-refractivity contribution in [3.63, 3.8) is 0 Å². The second kappa shape index (κ2) is 49.5. The van der Waals surface area contributed by atoms with Gasteiger partial charge in [-0.2, -0.15) is 0 Å². The van der Waals surface area contributed by atoms with Crippen LogP contribution in [0, 0.1) is 0 Å². The standard InChI is InChI=1S/C56H99NO9/c1-6-9-12-15-18-21-24-25-26-27-28-31-34-37-40-44-54(59)64-50-52(49-63-53(58)43-39-36-33-30-23-20-17-14-11-8-3)65-55(60)46-45-51(66-56(61)62-48-41-47-57(4)5)42-38-35-32-29-22-19-16-13-10-7-2/h8,14,17-18,21,25-26,51-52H,3,6-7,9-13,15-16,19-20,22-24,27-50H2,1-2,4-5H3/b17-14-,21-18-,26-25-. The molecule has 0 aromatic heterocycles. The summed E-state index contributed by atoms with van der Waals surface area (Å²) in [6.45, 7) is 8.85. The maximum absolute atomic E-state index is 13.3. The van der Waals surface area contributed by atoms with Crippen LogP contribution >= 0.6 is 0 Å². The lowest BCUT2D eigenvalue weighted by Gasteiger charge is -2.20. The molecule has 2 atom stereocenters. The monoisotopic (exact) mass is 930 g/mol. The molecule has 0 aliphatic carbocycles. The molecule has 0 aromatic carbocycles. The van der Waals surface area contributed by atoms with Crippen molar-refractivity contribution in [2.75, 3.05) is 40.5 Å². The smallest absolute Gasteiger partial charge is 0.462 e. The molecular weight excluding hydrogens is 831 g/mol. The summed E-state index contributed by atoms with van der Waals surface area (Å²) in [5.41, 5.74) is 0. The first-order chi connectivity index (χ1) is 32.2. The first-order valence-electron chi connectivity index (χ1n) is 26.8. The number of nitrogens with zero attached hydrogens (tertiary/aromatic N) is 1. The van der Waals surface area contributed by atoms with Gasteiger partial charge in [-0.1, -0.05) is 166 Å². The van der Waals surface area contributed by atoms with E-state index in [9.17, 15) is 19.2 Å². The van der Waals surface area contributed by atoms with E-state index in [1.807, 2.05) is 25.1 Å². The predicted molar refractivity (Wildman–Crippen MR) is 273 cm³/mol. The van der Waals surface area contributed by atoms with Gasteiger partial charge < -0.3 is 28.6 Å². The van der Waals surface area contributed by atoms with E-state index >= 15 is 0 Å². The number of rotatable bonds is 48. The Morgan fingerprint density at radius 3 is 1.42 bits per heavy atom. The average molecular weight is 930 g/mol. The molecule has 382 valence electrons. The lowest BCUT2D eigenvalue weighted by molar-refractivity contribution is -0.167. The van der Waals surface area contributed by atoms with Gasteiger partial charge in [0, 0.05) is 25.8 Å². The van der Waals surface area contributed by atoms with Gasteiger partial charge in [0.2, 0.25) is 0 Å². The second-order valence-corrected chi connectivity index (χ2v) is 18.3. The van der Waals surface area contributed by atoms with E-state index < -0.39 is 24.3 Å². The highest BCUT2D eigenvalue weighted by Crippen LogP contribution is 2.18. The minimum Gasteiger partial charge on any atom is -0.462 e. The number of hydrogen-bond acceptors (Lipinski definition) is 10. The molecule has 0 N–H and O–H groups in total. The van der Waals surface area contributed by atoms with Crippen molar-refractivity contribution in [1.29, 1.82) is 0 Å². The Bertz CT molecular complexity index is 1250. The van der Waals surface area contributed by atoms with E-state index in [2.05, 4.69) is 56.9 Å². The van der Waals surface area contributed by atoms with Crippen LogP contribution in [0.1, 0.15) is 232 Å². The fourth-order valence-electron chi connectivity index (χ4n) is 7.44. The molecule has 0 fully saturated rings. The summed E-state index contributed by atoms with van der Waals surface area (Å²) in [7, 11) is 3.93. The van der Waals surface area contributed by atoms with Crippen LogP contribution in [0.3, 0.4) is 0 Å². The first-order valence-corrected chi connectivity index (χ1v) is 26.8. The molecule has 2 unspecified atom stereocenters. The summed E-state index contributed by atoms with van der Waals surface area (Å²) < 4.78 is 27.9. The SMILES string of the molecule is C=CC/C=C\CCCCCCCC(=O)OCC(COC(=O)CCCCCCC/C=C\C/C=C\CCCCC)OC(=O)CCC(CCCCCCCCCCCC)OC(=O)OCCCN(C)C. The number of carbonyl (C=O) groups is 4. The molecule has 0 rings (SSSR count). The van der Waals surface area contributed by atoms with Crippen LogP contribution in [0.4, 0.5) is 4.79 Å². The van der Waals surface area contributed by atoms with Crippen molar-refractivity contribution >= 4 is 24.1 Å². The Morgan fingerprint density at radius 1 is 0.455 bits per heavy atom. The quantitative estimate of drug-likeness (QED) is 0.0253. The summed E-state index contributed by atoms with van der Waals surface area (Å²) in [4.78, 5) is 53.4. The lowest BCUT2D eigenvalue weighted by Crippen LogP contribution is -2.31. The van der Waals surface area contributed by atoms with Crippen LogP contribution < -0.4 is 0 Å². The fraction of sp³-hybridized carbons (Fsp3) is 0.786. The molecule has 0 saturated carbocycles. The van der Waals surface area contributed by atoms with E-state index in [4.69, 9.17) is 23.7 Å². The maximum atomic E-state index is 13.3. The van der Waals surface area contributed by atoms with Gasteiger partial charge in [0.15, 0.2) is 6.10 Å². The van der Waals surface area contributed by atoms with Crippen molar-refractivity contribution in [3.8, 4) is 0 Å². The van der Waals surface area contributed by atoms with E-state index in [0.717, 1.165) is 116 Å². The minimum absolute atomic E-state index is 0.00919. The van der Waals surface area contributed by atoms with Crippen LogP contribution in [0.25, 0.3) is 0 Å². The van der Waals surface area contributed by atoms with Crippen LogP contribution in [0.2, 0.25) is 0 Å². The number of allylic oxidation sites excluding steroid dienone is 7. The molecule has 10 nitrogen and oxygen atoms in total. The number of unbranched alkanes of at least 4 members (excludes halogenated alkanes) is 22. The summed E-state index contributed by atoms with van der Waals surface area (Å²) in [5.74, 6) is -1.26. The Labute approximate surface area is 404 Å². The summed E-state index contributed by atoms with van der Waals surface area (Å²) in [6.07, 6.45) is 46.0. The molecule has 0 amide bonds. The maximum Gasteiger partial charge on any atom is 0.508 e. The third-order valence-corrected chi connectivity index (χ3v) is 11.5. The molecule has 66 heavy (non-hydrogen) atoms. The highest BCUT2D eigenvalue weighted by Gasteiger charge is 2.22. The second-order valence-electron chi connectivity index (χ2n) is 18.3. The van der Waals surface area contributed by atoms with Gasteiger partial charge in [0.1, 0.15) is 19.3 Å². The zero-order valence-electron chi connectivity index (χ0n) is 42.9. The zero-order valence-corrected chi connectivity index (χ0v) is 42.9. The molecular formula is C56H99NO9. The molecule has 0 bridgehead atoms. The predicted octanol–water partition coefficient (Wildman–Crippen LogP) is 15.2. The summed E-state index contributed by atoms with van der Waals surface area (Å²) in [5, 5.41) is 0. The lowest BCUT2D eigenvalue weighted by atomic mass is 10.0. The number of ether oxygens (including phenoxy) is 5. The van der Waals surface area contributed by atoms with Gasteiger partial charge in [0.25, 0.3) is 0 Å². The Hall–Kier alpha value is -3.40. The van der Waals surface area contributed by atoms with Crippen molar-refractivity contribution in [3.05, 3.63) is 49.1 Å². The van der Waals surface area contributed by atoms with Gasteiger partial charge >= 0.3 is 24.1 Å². The van der Waals surface area contributed by atoms with Crippen LogP contribution in [-0.4, -0.2) is 81.6 Å². The largest absolute Gasteiger partial charge is 0.508 e. The topological polar surface area (TPSA) is 118 Å². The van der Waals surface area contributed by atoms with Crippen molar-refractivity contribution < 1.29 is 42.9 Å². The number of carbonyl (C=O) groups excluding carboxylic acids is 4. The first kappa shape index (κ1) is 62.6. The normalized spacial score (nSPS) is 12.6. The number of hydrogen-bond donors (Lipinski definition) is 0. The molecule has 0 spiro atoms. The molecule has 10 heteroatoms. The van der Waals surface area contributed by atoms with Gasteiger partial charge in [-0.25, -0.2) is 4.79 Å². The molecule has 0 aromatic rings. The highest BCUT2D eigenvalue weighted by atomic mass is 16.7. The third kappa shape index (κ3) is 47.1. The van der Waals surface area contributed by atoms with E-state index in [1.54, 1.807) is 0 Å². The van der Waals surface area contributed by atoms with Gasteiger partial charge in [-0.05, 0) is 104 Å². The Kier molecular flexibility index (Phi) is 47.0. The van der Waals surface area contributed by atoms with E-state index in [1.165, 1.54) is 70.6 Å². The molecule has 0 radical (unpaired) electrons. The number of esters is 3. The Balaban J connectivity index is 5.06. The van der Waals surface area contributed by atoms with Gasteiger partial charge in [0.05, 0.1) is 6.61 Å². The molecule has 0 aliphatic rings. The van der Waals surface area contributed by atoms with Gasteiger partial charge in [-0.15, -0.1) is 6.58 Å². The van der Waals surface area contributed by atoms with Crippen molar-refractivity contribution in [2.45, 2.75) is 244 Å². The summed E-state index contributed by atoms with van der Waals surface area (Å²) in [6, 6.07) is 0. The van der Waals surface area contributed by atoms with Crippen LogP contribution in [-0.2, 0) is 38.1 Å². The van der Waals surface area contributed by atoms with Crippen molar-refractivity contribution in [1.82, 2.24) is 4.90 Å². The molecule has 0 aliphatic heterocycles. The van der Waals surface area contributed by atoms with Gasteiger partial charge in [-0.3, -0.25) is 14.4 Å². The third-order valence-electron chi connectivity index (χ3n) is 11.5. The average Bonchev–Trinajstić information content (AvgIpc) is 3.30. The van der Waals surface area contributed by atoms with Crippen molar-refractivity contribution in [2.24, 2.45) is 0 Å². The van der Waals surface area contributed by atoms with E-state index in [0.29, 0.717) is 12.8 Å². The minimum atomic E-state index is -0.938. The van der Waals surface area contributed by atoms with E-state index in [-0.39, 0.29) is 57.4 Å². The summed E-state index contributed by atoms with van der Waals surface area (Å²) >= 11 is 0. The zero-order chi connectivity index (χ0) is 48.4. The Morgan fingerprint density at radius 2 is 0.909 bits per heavy atom. The fourth-order valence-corrected chi connectivity index (χ4v) is 7.44. The van der Waals surface area contributed by atoms with Crippen LogP contribution in [0.5, 0.6) is 0 Å². The van der Waals surface area contributed by atoms with Crippen LogP contribution in [0.15, 0.2) is 49.1 Å².